The van der Waals surface area contributed by atoms with Gasteiger partial charge in [0.25, 0.3) is 11.8 Å². The van der Waals surface area contributed by atoms with Crippen molar-refractivity contribution in [3.63, 3.8) is 0 Å². The molecule has 0 unspecified atom stereocenters. The van der Waals surface area contributed by atoms with Crippen LogP contribution in [0.15, 0.2) is 91.3 Å². The van der Waals surface area contributed by atoms with E-state index in [-0.39, 0.29) is 18.4 Å². The minimum Gasteiger partial charge on any atom is -0.394 e. The van der Waals surface area contributed by atoms with E-state index >= 15 is 0 Å². The summed E-state index contributed by atoms with van der Waals surface area (Å²) >= 11 is 0. The number of aliphatic hydroxyl groups excluding tert-OH is 1. The number of nitrogens with one attached hydrogen (secondary N) is 3. The quantitative estimate of drug-likeness (QED) is 0.335. The number of aliphatic hydroxyl groups is 1. The van der Waals surface area contributed by atoms with Crippen LogP contribution in [0.25, 0.3) is 11.1 Å². The van der Waals surface area contributed by atoms with Gasteiger partial charge >= 0.3 is 0 Å². The molecule has 3 aromatic carbocycles. The number of rotatable bonds is 6. The summed E-state index contributed by atoms with van der Waals surface area (Å²) < 4.78 is 0. The van der Waals surface area contributed by atoms with Gasteiger partial charge in [0.2, 0.25) is 0 Å². The zero-order valence-electron chi connectivity index (χ0n) is 18.2. The number of imidazole rings is 1. The highest BCUT2D eigenvalue weighted by Gasteiger charge is 2.30. The van der Waals surface area contributed by atoms with E-state index in [0.717, 1.165) is 11.1 Å². The molecule has 2 amide bonds. The van der Waals surface area contributed by atoms with Crippen LogP contribution in [0.3, 0.4) is 0 Å². The predicted molar refractivity (Wildman–Crippen MR) is 130 cm³/mol. The van der Waals surface area contributed by atoms with E-state index in [2.05, 4.69) is 20.6 Å². The summed E-state index contributed by atoms with van der Waals surface area (Å²) in [6.45, 7) is -0.234. The third-order valence-corrected chi connectivity index (χ3v) is 5.76. The van der Waals surface area contributed by atoms with Crippen LogP contribution in [0.4, 0.5) is 5.69 Å². The first kappa shape index (κ1) is 21.4. The third kappa shape index (κ3) is 4.00. The van der Waals surface area contributed by atoms with Crippen LogP contribution in [0, 0.1) is 0 Å². The number of aromatic amines is 1. The molecule has 1 atom stereocenters. The molecular formula is C27H22N4O3. The van der Waals surface area contributed by atoms with Gasteiger partial charge in [-0.05, 0) is 29.3 Å². The minimum absolute atomic E-state index is 0.234. The van der Waals surface area contributed by atoms with Crippen molar-refractivity contribution in [3.8, 4) is 0 Å². The molecule has 4 N–H and O–H groups in total. The van der Waals surface area contributed by atoms with Crippen molar-refractivity contribution in [2.24, 2.45) is 0 Å². The van der Waals surface area contributed by atoms with Crippen molar-refractivity contribution in [1.82, 2.24) is 15.3 Å². The Morgan fingerprint density at radius 1 is 0.971 bits per heavy atom. The molecular weight excluding hydrogens is 428 g/mol. The average molecular weight is 450 g/mol. The standard InChI is InChI=1S/C27H22N4O3/c32-16-22(17-7-3-1-4-8-17)31-26(33)19-11-12-21-20(15-19)24(27(34)30-21)23(25-28-13-14-29-25)18-9-5-2-6-10-18/h1-15,22,32H,16H2,(H,28,29)(H,30,34)(H,31,33)/b24-23-/t22-/m1/s1. The Balaban J connectivity index is 1.56. The lowest BCUT2D eigenvalue weighted by Gasteiger charge is -2.17. The molecule has 0 saturated heterocycles. The molecule has 0 spiro atoms. The molecule has 34 heavy (non-hydrogen) atoms. The number of H-pyrrole nitrogens is 1. The maximum atomic E-state index is 13.1. The second-order valence-corrected chi connectivity index (χ2v) is 7.89. The summed E-state index contributed by atoms with van der Waals surface area (Å²) in [6.07, 6.45) is 3.34. The molecule has 0 radical (unpaired) electrons. The average Bonchev–Trinajstić information content (AvgIpc) is 3.52. The fourth-order valence-corrected chi connectivity index (χ4v) is 4.12. The van der Waals surface area contributed by atoms with Gasteiger partial charge in [0.05, 0.1) is 18.2 Å². The van der Waals surface area contributed by atoms with Gasteiger partial charge in [-0.15, -0.1) is 0 Å². The van der Waals surface area contributed by atoms with E-state index in [1.165, 1.54) is 0 Å². The summed E-state index contributed by atoms with van der Waals surface area (Å²) in [5, 5.41) is 15.6. The third-order valence-electron chi connectivity index (χ3n) is 5.76. The number of carbonyl (C=O) groups excluding carboxylic acids is 2. The lowest BCUT2D eigenvalue weighted by atomic mass is 9.93. The molecule has 7 heteroatoms. The van der Waals surface area contributed by atoms with Crippen LogP contribution in [0.2, 0.25) is 0 Å². The highest BCUT2D eigenvalue weighted by molar-refractivity contribution is 6.38. The Hall–Kier alpha value is -4.49. The number of carbonyl (C=O) groups is 2. The number of fused-ring (bicyclic) bond motifs is 1. The molecule has 2 heterocycles. The Bertz CT molecular complexity index is 1360. The van der Waals surface area contributed by atoms with Crippen LogP contribution >= 0.6 is 0 Å². The SMILES string of the molecule is O=C1Nc2ccc(C(=O)N[C@H](CO)c3ccccc3)cc2/C1=C(\c1ccccc1)c1ncc[nH]1. The number of benzene rings is 3. The molecule has 4 aromatic rings. The van der Waals surface area contributed by atoms with E-state index < -0.39 is 6.04 Å². The molecule has 7 nitrogen and oxygen atoms in total. The number of hydrogen-bond acceptors (Lipinski definition) is 4. The van der Waals surface area contributed by atoms with Crippen molar-refractivity contribution < 1.29 is 14.7 Å². The van der Waals surface area contributed by atoms with Gasteiger partial charge in [0.1, 0.15) is 5.82 Å². The van der Waals surface area contributed by atoms with Crippen molar-refractivity contribution in [1.29, 1.82) is 0 Å². The summed E-state index contributed by atoms with van der Waals surface area (Å²) in [5.41, 5.74) is 4.35. The number of amides is 2. The van der Waals surface area contributed by atoms with E-state index in [4.69, 9.17) is 0 Å². The van der Waals surface area contributed by atoms with Gasteiger partial charge in [-0.2, -0.15) is 0 Å². The van der Waals surface area contributed by atoms with Crippen LogP contribution in [-0.2, 0) is 4.79 Å². The molecule has 1 aromatic heterocycles. The maximum absolute atomic E-state index is 13.1. The van der Waals surface area contributed by atoms with E-state index in [1.54, 1.807) is 30.6 Å². The Morgan fingerprint density at radius 2 is 1.71 bits per heavy atom. The molecule has 1 aliphatic rings. The second kappa shape index (κ2) is 9.17. The van der Waals surface area contributed by atoms with Gasteiger partial charge in [0, 0.05) is 34.8 Å². The minimum atomic E-state index is -0.542. The highest BCUT2D eigenvalue weighted by Crippen LogP contribution is 2.39. The summed E-state index contributed by atoms with van der Waals surface area (Å²) in [7, 11) is 0. The Kier molecular flexibility index (Phi) is 5.76. The summed E-state index contributed by atoms with van der Waals surface area (Å²) in [4.78, 5) is 33.7. The van der Waals surface area contributed by atoms with E-state index in [0.29, 0.717) is 33.8 Å². The first-order chi connectivity index (χ1) is 16.7. The molecule has 5 rings (SSSR count). The normalized spacial score (nSPS) is 14.8. The fourth-order valence-electron chi connectivity index (χ4n) is 4.12. The molecule has 0 bridgehead atoms. The molecule has 1 aliphatic heterocycles. The zero-order chi connectivity index (χ0) is 23.5. The smallest absolute Gasteiger partial charge is 0.257 e. The lowest BCUT2D eigenvalue weighted by molar-refractivity contribution is -0.110. The first-order valence-electron chi connectivity index (χ1n) is 10.9. The first-order valence-corrected chi connectivity index (χ1v) is 10.9. The van der Waals surface area contributed by atoms with Gasteiger partial charge in [-0.25, -0.2) is 4.98 Å². The monoisotopic (exact) mass is 450 g/mol. The van der Waals surface area contributed by atoms with E-state index in [9.17, 15) is 14.7 Å². The van der Waals surface area contributed by atoms with Gasteiger partial charge < -0.3 is 20.7 Å². The fraction of sp³-hybridized carbons (Fsp3) is 0.0741. The van der Waals surface area contributed by atoms with Crippen molar-refractivity contribution in [2.75, 3.05) is 11.9 Å². The largest absolute Gasteiger partial charge is 0.394 e. The van der Waals surface area contributed by atoms with Crippen LogP contribution < -0.4 is 10.6 Å². The topological polar surface area (TPSA) is 107 Å². The van der Waals surface area contributed by atoms with Gasteiger partial charge in [-0.3, -0.25) is 9.59 Å². The van der Waals surface area contributed by atoms with Crippen molar-refractivity contribution in [2.45, 2.75) is 6.04 Å². The Morgan fingerprint density at radius 3 is 2.38 bits per heavy atom. The number of nitrogens with zero attached hydrogens (tertiary/aromatic N) is 1. The maximum Gasteiger partial charge on any atom is 0.257 e. The number of hydrogen-bond donors (Lipinski definition) is 4. The molecule has 0 aliphatic carbocycles. The molecule has 0 saturated carbocycles. The number of anilines is 1. The highest BCUT2D eigenvalue weighted by atomic mass is 16.3. The van der Waals surface area contributed by atoms with Gasteiger partial charge in [-0.1, -0.05) is 60.7 Å². The summed E-state index contributed by atoms with van der Waals surface area (Å²) in [6, 6.07) is 23.4. The zero-order valence-corrected chi connectivity index (χ0v) is 18.2. The summed E-state index contributed by atoms with van der Waals surface area (Å²) in [5.74, 6) is -0.0486. The van der Waals surface area contributed by atoms with Gasteiger partial charge in [0.15, 0.2) is 0 Å². The molecule has 0 fully saturated rings. The van der Waals surface area contributed by atoms with Crippen molar-refractivity contribution in [3.05, 3.63) is 119 Å². The van der Waals surface area contributed by atoms with E-state index in [1.807, 2.05) is 60.7 Å². The van der Waals surface area contributed by atoms with Crippen LogP contribution in [0.1, 0.15) is 38.9 Å². The van der Waals surface area contributed by atoms with Crippen LogP contribution in [0.5, 0.6) is 0 Å². The predicted octanol–water partition coefficient (Wildman–Crippen LogP) is 3.78. The Labute approximate surface area is 196 Å². The second-order valence-electron chi connectivity index (χ2n) is 7.89. The number of aromatic nitrogens is 2. The lowest BCUT2D eigenvalue weighted by Crippen LogP contribution is -2.30. The van der Waals surface area contributed by atoms with Crippen molar-refractivity contribution >= 4 is 28.6 Å². The molecule has 168 valence electrons. The van der Waals surface area contributed by atoms with Crippen LogP contribution in [-0.4, -0.2) is 33.5 Å².